The van der Waals surface area contributed by atoms with E-state index < -0.39 is 5.91 Å². The van der Waals surface area contributed by atoms with Gasteiger partial charge in [0.05, 0.1) is 30.0 Å². The van der Waals surface area contributed by atoms with Crippen molar-refractivity contribution >= 4 is 23.2 Å². The predicted octanol–water partition coefficient (Wildman–Crippen LogP) is 2.01. The third-order valence-corrected chi connectivity index (χ3v) is 3.81. The number of fused-ring (bicyclic) bond motifs is 1. The summed E-state index contributed by atoms with van der Waals surface area (Å²) in [6.45, 7) is 2.74. The summed E-state index contributed by atoms with van der Waals surface area (Å²) in [5.41, 5.74) is 6.94. The predicted molar refractivity (Wildman–Crippen MR) is 92.3 cm³/mol. The maximum atomic E-state index is 12.4. The fourth-order valence-corrected chi connectivity index (χ4v) is 2.80. The molecule has 124 valence electrons. The Morgan fingerprint density at radius 2 is 1.92 bits per heavy atom. The molecule has 24 heavy (non-hydrogen) atoms. The molecule has 0 unspecified atom stereocenters. The van der Waals surface area contributed by atoms with Gasteiger partial charge in [0.15, 0.2) is 0 Å². The van der Waals surface area contributed by atoms with Crippen molar-refractivity contribution in [1.82, 2.24) is 0 Å². The van der Waals surface area contributed by atoms with Gasteiger partial charge < -0.3 is 20.7 Å². The van der Waals surface area contributed by atoms with Crippen molar-refractivity contribution < 1.29 is 14.3 Å². The summed E-state index contributed by atoms with van der Waals surface area (Å²) in [5, 5.41) is 2.76. The molecule has 1 atom stereocenters. The molecule has 0 bridgehead atoms. The first-order valence-corrected chi connectivity index (χ1v) is 7.74. The van der Waals surface area contributed by atoms with Crippen LogP contribution in [0.5, 0.6) is 5.75 Å². The average molecular weight is 325 g/mol. The van der Waals surface area contributed by atoms with Crippen LogP contribution in [-0.4, -0.2) is 31.0 Å². The van der Waals surface area contributed by atoms with Gasteiger partial charge >= 0.3 is 0 Å². The Bertz CT molecular complexity index is 776. The molecule has 0 aliphatic carbocycles. The van der Waals surface area contributed by atoms with E-state index in [1.54, 1.807) is 24.3 Å². The molecule has 0 aromatic heterocycles. The van der Waals surface area contributed by atoms with E-state index in [4.69, 9.17) is 10.5 Å². The normalized spacial score (nSPS) is 16.0. The molecular weight excluding hydrogens is 306 g/mol. The van der Waals surface area contributed by atoms with Crippen molar-refractivity contribution in [2.45, 2.75) is 13.0 Å². The van der Waals surface area contributed by atoms with E-state index in [-0.39, 0.29) is 18.6 Å². The second-order valence-electron chi connectivity index (χ2n) is 5.73. The van der Waals surface area contributed by atoms with Gasteiger partial charge in [0.25, 0.3) is 5.91 Å². The smallest absolute Gasteiger partial charge is 0.250 e. The Morgan fingerprint density at radius 1 is 1.21 bits per heavy atom. The largest absolute Gasteiger partial charge is 0.487 e. The van der Waals surface area contributed by atoms with Crippen LogP contribution in [0, 0.1) is 0 Å². The molecule has 3 rings (SSSR count). The number of primary amides is 1. The van der Waals surface area contributed by atoms with Gasteiger partial charge in [-0.2, -0.15) is 0 Å². The topological polar surface area (TPSA) is 84.7 Å². The molecule has 0 radical (unpaired) electrons. The van der Waals surface area contributed by atoms with Crippen LogP contribution in [0.15, 0.2) is 48.5 Å². The quantitative estimate of drug-likeness (QED) is 0.900. The monoisotopic (exact) mass is 325 g/mol. The number of hydrogen-bond donors (Lipinski definition) is 2. The minimum absolute atomic E-state index is 0.00870. The lowest BCUT2D eigenvalue weighted by molar-refractivity contribution is -0.115. The minimum Gasteiger partial charge on any atom is -0.487 e. The molecule has 2 aromatic rings. The summed E-state index contributed by atoms with van der Waals surface area (Å²) in [4.78, 5) is 25.8. The van der Waals surface area contributed by atoms with Crippen molar-refractivity contribution in [3.05, 3.63) is 54.1 Å². The number of hydrogen-bond acceptors (Lipinski definition) is 4. The lowest BCUT2D eigenvalue weighted by Crippen LogP contribution is -2.42. The number of nitrogens with two attached hydrogens (primary N) is 1. The third kappa shape index (κ3) is 3.32. The van der Waals surface area contributed by atoms with E-state index in [2.05, 4.69) is 5.32 Å². The second kappa shape index (κ2) is 6.62. The minimum atomic E-state index is -0.573. The standard InChI is InChI=1S/C18H19N3O3/c1-12-10-21(15-8-4-5-9-16(15)24-12)11-17(22)20-14-7-3-2-6-13(14)18(19)23/h2-9,12H,10-11H2,1H3,(H2,19,23)(H,20,22)/t12-/m0/s1. The SMILES string of the molecule is C[C@H]1CN(CC(=O)Nc2ccccc2C(N)=O)c2ccccc2O1. The number of ether oxygens (including phenoxy) is 1. The van der Waals surface area contributed by atoms with Gasteiger partial charge in [0, 0.05) is 0 Å². The first-order valence-electron chi connectivity index (χ1n) is 7.74. The Kier molecular flexibility index (Phi) is 4.37. The van der Waals surface area contributed by atoms with E-state index in [9.17, 15) is 9.59 Å². The summed E-state index contributed by atoms with van der Waals surface area (Å²) in [7, 11) is 0. The van der Waals surface area contributed by atoms with Gasteiger partial charge in [-0.3, -0.25) is 9.59 Å². The molecule has 1 aliphatic rings. The molecule has 3 N–H and O–H groups in total. The second-order valence-corrected chi connectivity index (χ2v) is 5.73. The molecular formula is C18H19N3O3. The highest BCUT2D eigenvalue weighted by atomic mass is 16.5. The first kappa shape index (κ1) is 15.9. The summed E-state index contributed by atoms with van der Waals surface area (Å²) >= 11 is 0. The van der Waals surface area contributed by atoms with Crippen LogP contribution in [-0.2, 0) is 4.79 Å². The van der Waals surface area contributed by atoms with Crippen LogP contribution in [0.2, 0.25) is 0 Å². The van der Waals surface area contributed by atoms with Crippen molar-refractivity contribution in [3.8, 4) is 5.75 Å². The van der Waals surface area contributed by atoms with Gasteiger partial charge in [-0.1, -0.05) is 24.3 Å². The van der Waals surface area contributed by atoms with Crippen LogP contribution < -0.4 is 20.7 Å². The van der Waals surface area contributed by atoms with Crippen LogP contribution in [0.3, 0.4) is 0 Å². The lowest BCUT2D eigenvalue weighted by atomic mass is 10.1. The van der Waals surface area contributed by atoms with E-state index in [0.717, 1.165) is 11.4 Å². The Balaban J connectivity index is 1.75. The molecule has 6 nitrogen and oxygen atoms in total. The number of nitrogens with one attached hydrogen (secondary N) is 1. The van der Waals surface area contributed by atoms with Gasteiger partial charge in [-0.25, -0.2) is 0 Å². The maximum Gasteiger partial charge on any atom is 0.250 e. The molecule has 1 aliphatic heterocycles. The van der Waals surface area contributed by atoms with Crippen molar-refractivity contribution in [2.24, 2.45) is 5.73 Å². The molecule has 0 saturated carbocycles. The van der Waals surface area contributed by atoms with Gasteiger partial charge in [0.2, 0.25) is 5.91 Å². The van der Waals surface area contributed by atoms with Crippen LogP contribution >= 0.6 is 0 Å². The lowest BCUT2D eigenvalue weighted by Gasteiger charge is -2.34. The Hall–Kier alpha value is -3.02. The number of nitrogens with zero attached hydrogens (tertiary/aromatic N) is 1. The Morgan fingerprint density at radius 3 is 2.71 bits per heavy atom. The Labute approximate surface area is 140 Å². The number of carbonyl (C=O) groups is 2. The molecule has 1 heterocycles. The van der Waals surface area contributed by atoms with Gasteiger partial charge in [0.1, 0.15) is 11.9 Å². The average Bonchev–Trinajstić information content (AvgIpc) is 2.55. The van der Waals surface area contributed by atoms with Crippen LogP contribution in [0.4, 0.5) is 11.4 Å². The zero-order chi connectivity index (χ0) is 17.1. The van der Waals surface area contributed by atoms with Gasteiger partial charge in [-0.15, -0.1) is 0 Å². The summed E-state index contributed by atoms with van der Waals surface area (Å²) < 4.78 is 5.78. The number of anilines is 2. The molecule has 0 saturated heterocycles. The van der Waals surface area contributed by atoms with Crippen LogP contribution in [0.1, 0.15) is 17.3 Å². The van der Waals surface area contributed by atoms with E-state index in [1.807, 2.05) is 36.1 Å². The number of amides is 2. The molecule has 0 fully saturated rings. The van der Waals surface area contributed by atoms with Gasteiger partial charge in [-0.05, 0) is 31.2 Å². The van der Waals surface area contributed by atoms with E-state index in [0.29, 0.717) is 17.8 Å². The number of rotatable bonds is 4. The summed E-state index contributed by atoms with van der Waals surface area (Å²) in [5.74, 6) is -0.0228. The highest BCUT2D eigenvalue weighted by molar-refractivity contribution is 6.03. The summed E-state index contributed by atoms with van der Waals surface area (Å²) in [6, 6.07) is 14.3. The third-order valence-electron chi connectivity index (χ3n) is 3.81. The summed E-state index contributed by atoms with van der Waals surface area (Å²) in [6.07, 6.45) is -0.00870. The first-order chi connectivity index (χ1) is 11.5. The van der Waals surface area contributed by atoms with E-state index >= 15 is 0 Å². The number of para-hydroxylation sites is 3. The fraction of sp³-hybridized carbons (Fsp3) is 0.222. The number of carbonyl (C=O) groups excluding carboxylic acids is 2. The van der Waals surface area contributed by atoms with Crippen molar-refractivity contribution in [1.29, 1.82) is 0 Å². The highest BCUT2D eigenvalue weighted by Crippen LogP contribution is 2.32. The molecule has 6 heteroatoms. The highest BCUT2D eigenvalue weighted by Gasteiger charge is 2.24. The van der Waals surface area contributed by atoms with E-state index in [1.165, 1.54) is 0 Å². The van der Waals surface area contributed by atoms with Crippen LogP contribution in [0.25, 0.3) is 0 Å². The molecule has 2 aromatic carbocycles. The zero-order valence-electron chi connectivity index (χ0n) is 13.4. The van der Waals surface area contributed by atoms with Crippen molar-refractivity contribution in [2.75, 3.05) is 23.3 Å². The zero-order valence-corrected chi connectivity index (χ0v) is 13.4. The van der Waals surface area contributed by atoms with Crippen molar-refractivity contribution in [3.63, 3.8) is 0 Å². The fourth-order valence-electron chi connectivity index (χ4n) is 2.80. The number of benzene rings is 2. The maximum absolute atomic E-state index is 12.4. The molecule has 2 amide bonds. The molecule has 0 spiro atoms.